The van der Waals surface area contributed by atoms with Gasteiger partial charge in [0.25, 0.3) is 5.56 Å². The van der Waals surface area contributed by atoms with Crippen molar-refractivity contribution in [1.82, 2.24) is 20.0 Å². The first-order valence-electron chi connectivity index (χ1n) is 8.77. The molecule has 3 rings (SSSR count). The predicted octanol–water partition coefficient (Wildman–Crippen LogP) is 1.56. The number of pyridine rings is 1. The Labute approximate surface area is 152 Å². The molecule has 0 aromatic carbocycles. The van der Waals surface area contributed by atoms with E-state index in [9.17, 15) is 4.79 Å². The van der Waals surface area contributed by atoms with Gasteiger partial charge >= 0.3 is 0 Å². The highest BCUT2D eigenvalue weighted by molar-refractivity contribution is 6.12. The second-order valence-electron chi connectivity index (χ2n) is 6.80. The summed E-state index contributed by atoms with van der Waals surface area (Å²) < 4.78 is 0. The molecule has 0 radical (unpaired) electrons. The van der Waals surface area contributed by atoms with E-state index < -0.39 is 0 Å². The Hall–Kier alpha value is -2.74. The summed E-state index contributed by atoms with van der Waals surface area (Å²) >= 11 is 0. The fraction of sp³-hybridized carbons (Fsp3) is 0.444. The van der Waals surface area contributed by atoms with Gasteiger partial charge < -0.3 is 21.0 Å². The number of nitrogens with one attached hydrogen (secondary N) is 2. The highest BCUT2D eigenvalue weighted by atomic mass is 16.1. The van der Waals surface area contributed by atoms with Crippen LogP contribution in [-0.2, 0) is 0 Å². The summed E-state index contributed by atoms with van der Waals surface area (Å²) in [4.78, 5) is 23.7. The van der Waals surface area contributed by atoms with Crippen molar-refractivity contribution >= 4 is 28.6 Å². The van der Waals surface area contributed by atoms with Crippen molar-refractivity contribution in [3.63, 3.8) is 0 Å². The standard InChI is InChI=1S/C18H25N7O/c1-11(8-22-25(2)3)12-9-20-17(26)13-10-21-18(24-16(12)13)23-15-7-5-4-6-14(15)19/h8-10,14-15H,1,4-7,19H2,2-3H3,(H,20,26)(H,21,23,24). The summed E-state index contributed by atoms with van der Waals surface area (Å²) in [7, 11) is 3.65. The van der Waals surface area contributed by atoms with Crippen LogP contribution < -0.4 is 16.6 Å². The van der Waals surface area contributed by atoms with Gasteiger partial charge in [-0.2, -0.15) is 5.10 Å². The van der Waals surface area contributed by atoms with Gasteiger partial charge in [0, 0.05) is 44.1 Å². The molecule has 1 aliphatic rings. The van der Waals surface area contributed by atoms with E-state index in [-0.39, 0.29) is 17.6 Å². The summed E-state index contributed by atoms with van der Waals surface area (Å²) in [5.74, 6) is 0.476. The lowest BCUT2D eigenvalue weighted by Crippen LogP contribution is -2.42. The third kappa shape index (κ3) is 3.91. The Kier molecular flexibility index (Phi) is 5.32. The van der Waals surface area contributed by atoms with E-state index in [0.717, 1.165) is 25.7 Å². The molecule has 2 aromatic heterocycles. The zero-order chi connectivity index (χ0) is 18.7. The second kappa shape index (κ2) is 7.65. The number of fused-ring (bicyclic) bond motifs is 1. The molecule has 2 unspecified atom stereocenters. The first-order chi connectivity index (χ1) is 12.5. The zero-order valence-corrected chi connectivity index (χ0v) is 15.2. The van der Waals surface area contributed by atoms with E-state index in [2.05, 4.69) is 31.9 Å². The molecule has 26 heavy (non-hydrogen) atoms. The summed E-state index contributed by atoms with van der Waals surface area (Å²) in [5, 5.41) is 9.61. The van der Waals surface area contributed by atoms with Gasteiger partial charge in [-0.15, -0.1) is 0 Å². The van der Waals surface area contributed by atoms with Crippen molar-refractivity contribution in [3.05, 3.63) is 34.9 Å². The molecule has 0 aliphatic heterocycles. The van der Waals surface area contributed by atoms with Crippen LogP contribution in [0.2, 0.25) is 0 Å². The average Bonchev–Trinajstić information content (AvgIpc) is 2.62. The normalized spacial score (nSPS) is 20.4. The van der Waals surface area contributed by atoms with Crippen molar-refractivity contribution < 1.29 is 0 Å². The minimum absolute atomic E-state index is 0.0869. The second-order valence-corrected chi connectivity index (χ2v) is 6.80. The maximum Gasteiger partial charge on any atom is 0.259 e. The first kappa shape index (κ1) is 18.1. The highest BCUT2D eigenvalue weighted by Crippen LogP contribution is 2.22. The van der Waals surface area contributed by atoms with Crippen molar-refractivity contribution in [2.75, 3.05) is 19.4 Å². The minimum Gasteiger partial charge on any atom is -0.350 e. The Morgan fingerprint density at radius 3 is 2.96 bits per heavy atom. The number of nitrogens with zero attached hydrogens (tertiary/aromatic N) is 4. The topological polar surface area (TPSA) is 112 Å². The van der Waals surface area contributed by atoms with Crippen molar-refractivity contribution in [1.29, 1.82) is 0 Å². The lowest BCUT2D eigenvalue weighted by Gasteiger charge is -2.29. The van der Waals surface area contributed by atoms with Crippen LogP contribution in [0, 0.1) is 0 Å². The minimum atomic E-state index is -0.234. The molecule has 0 spiro atoms. The number of anilines is 1. The SMILES string of the molecule is C=C(C=NN(C)C)c1c[nH]c(=O)c2cnc(NC3CCCCC3N)nc12. The zero-order valence-electron chi connectivity index (χ0n) is 15.2. The molecule has 1 saturated carbocycles. The van der Waals surface area contributed by atoms with Crippen molar-refractivity contribution in [2.24, 2.45) is 10.8 Å². The van der Waals surface area contributed by atoms with Crippen LogP contribution in [0.5, 0.6) is 0 Å². The smallest absolute Gasteiger partial charge is 0.259 e. The fourth-order valence-electron chi connectivity index (χ4n) is 3.11. The third-order valence-corrected chi connectivity index (χ3v) is 4.56. The van der Waals surface area contributed by atoms with Gasteiger partial charge in [0.1, 0.15) is 0 Å². The molecule has 138 valence electrons. The molecule has 8 nitrogen and oxygen atoms in total. The molecule has 2 heterocycles. The predicted molar refractivity (Wildman–Crippen MR) is 105 cm³/mol. The van der Waals surface area contributed by atoms with Gasteiger partial charge in [0.2, 0.25) is 5.95 Å². The molecule has 1 fully saturated rings. The molecule has 0 amide bonds. The highest BCUT2D eigenvalue weighted by Gasteiger charge is 2.22. The number of hydrogen-bond acceptors (Lipinski definition) is 7. The summed E-state index contributed by atoms with van der Waals surface area (Å²) in [6, 6.07) is 0.231. The lowest BCUT2D eigenvalue weighted by atomic mass is 9.91. The Bertz CT molecular complexity index is 887. The van der Waals surface area contributed by atoms with Crippen LogP contribution in [0.3, 0.4) is 0 Å². The van der Waals surface area contributed by atoms with Crippen molar-refractivity contribution in [2.45, 2.75) is 37.8 Å². The largest absolute Gasteiger partial charge is 0.350 e. The number of aromatic nitrogens is 3. The molecule has 8 heteroatoms. The molecule has 2 aromatic rings. The van der Waals surface area contributed by atoms with Gasteiger partial charge in [-0.3, -0.25) is 4.79 Å². The summed E-state index contributed by atoms with van der Waals surface area (Å²) in [6.45, 7) is 4.04. The van der Waals surface area contributed by atoms with Crippen LogP contribution in [0.1, 0.15) is 31.2 Å². The monoisotopic (exact) mass is 355 g/mol. The van der Waals surface area contributed by atoms with E-state index >= 15 is 0 Å². The average molecular weight is 355 g/mol. The first-order valence-corrected chi connectivity index (χ1v) is 8.77. The van der Waals surface area contributed by atoms with Crippen LogP contribution >= 0.6 is 0 Å². The summed E-state index contributed by atoms with van der Waals surface area (Å²) in [6.07, 6.45) is 9.07. The van der Waals surface area contributed by atoms with Crippen LogP contribution in [0.25, 0.3) is 16.5 Å². The molecule has 2 atom stereocenters. The van der Waals surface area contributed by atoms with E-state index in [0.29, 0.717) is 28.0 Å². The van der Waals surface area contributed by atoms with Gasteiger partial charge in [-0.25, -0.2) is 9.97 Å². The number of hydrogen-bond donors (Lipinski definition) is 3. The maximum atomic E-state index is 12.1. The number of nitrogens with two attached hydrogens (primary N) is 1. The quantitative estimate of drug-likeness (QED) is 0.554. The number of rotatable bonds is 5. The van der Waals surface area contributed by atoms with Crippen molar-refractivity contribution in [3.8, 4) is 0 Å². The molecule has 0 saturated heterocycles. The number of allylic oxidation sites excluding steroid dienone is 1. The number of H-pyrrole nitrogens is 1. The molecule has 0 bridgehead atoms. The van der Waals surface area contributed by atoms with E-state index in [1.54, 1.807) is 17.4 Å². The number of hydrazone groups is 1. The van der Waals surface area contributed by atoms with Crippen LogP contribution in [-0.4, -0.2) is 52.4 Å². The molecule has 1 aliphatic carbocycles. The van der Waals surface area contributed by atoms with E-state index in [1.807, 2.05) is 14.1 Å². The van der Waals surface area contributed by atoms with E-state index in [4.69, 9.17) is 5.73 Å². The summed E-state index contributed by atoms with van der Waals surface area (Å²) in [5.41, 5.74) is 7.88. The van der Waals surface area contributed by atoms with Gasteiger partial charge in [-0.05, 0) is 18.4 Å². The van der Waals surface area contributed by atoms with Gasteiger partial charge in [-0.1, -0.05) is 19.4 Å². The van der Waals surface area contributed by atoms with Gasteiger partial charge in [0.15, 0.2) is 0 Å². The number of aromatic amines is 1. The van der Waals surface area contributed by atoms with E-state index in [1.165, 1.54) is 6.20 Å². The third-order valence-electron chi connectivity index (χ3n) is 4.56. The molecular formula is C18H25N7O. The van der Waals surface area contributed by atoms with Gasteiger partial charge in [0.05, 0.1) is 17.1 Å². The fourth-order valence-corrected chi connectivity index (χ4v) is 3.11. The van der Waals surface area contributed by atoms with Crippen LogP contribution in [0.4, 0.5) is 5.95 Å². The molecular weight excluding hydrogens is 330 g/mol. The molecule has 4 N–H and O–H groups in total. The van der Waals surface area contributed by atoms with Crippen LogP contribution in [0.15, 0.2) is 28.9 Å². The maximum absolute atomic E-state index is 12.1. The lowest BCUT2D eigenvalue weighted by molar-refractivity contribution is 0.402. The Morgan fingerprint density at radius 1 is 1.46 bits per heavy atom. The Morgan fingerprint density at radius 2 is 2.23 bits per heavy atom. The Balaban J connectivity index is 1.97.